The first-order chi connectivity index (χ1) is 10.1. The zero-order valence-corrected chi connectivity index (χ0v) is 12.1. The molecule has 5 heteroatoms. The number of rotatable bonds is 2. The summed E-state index contributed by atoms with van der Waals surface area (Å²) in [6.07, 6.45) is 0. The van der Waals surface area contributed by atoms with Crippen molar-refractivity contribution in [1.29, 1.82) is 0 Å². The second kappa shape index (κ2) is 5.26. The first kappa shape index (κ1) is 13.7. The van der Waals surface area contributed by atoms with Crippen molar-refractivity contribution in [3.05, 3.63) is 41.6 Å². The number of nitrogens with zero attached hydrogens (tertiary/aromatic N) is 2. The van der Waals surface area contributed by atoms with E-state index in [4.69, 9.17) is 0 Å². The molecular formula is C16H17N3O2. The fourth-order valence-electron chi connectivity index (χ4n) is 2.64. The van der Waals surface area contributed by atoms with Crippen LogP contribution in [-0.4, -0.2) is 34.3 Å². The maximum atomic E-state index is 12.2. The van der Waals surface area contributed by atoms with Gasteiger partial charge in [-0.2, -0.15) is 0 Å². The summed E-state index contributed by atoms with van der Waals surface area (Å²) in [4.78, 5) is 30.0. The molecule has 0 spiro atoms. The van der Waals surface area contributed by atoms with Gasteiger partial charge in [-0.3, -0.25) is 24.8 Å². The molecule has 108 valence electrons. The Balaban J connectivity index is 2.01. The minimum absolute atomic E-state index is 0.176. The van der Waals surface area contributed by atoms with Gasteiger partial charge in [0.25, 0.3) is 0 Å². The van der Waals surface area contributed by atoms with Gasteiger partial charge in [0, 0.05) is 11.1 Å². The number of hydrogen-bond donors (Lipinski definition) is 1. The Hall–Kier alpha value is -2.27. The Morgan fingerprint density at radius 3 is 2.90 bits per heavy atom. The van der Waals surface area contributed by atoms with Crippen LogP contribution in [0.3, 0.4) is 0 Å². The van der Waals surface area contributed by atoms with E-state index < -0.39 is 0 Å². The van der Waals surface area contributed by atoms with E-state index >= 15 is 0 Å². The molecule has 1 aromatic carbocycles. The van der Waals surface area contributed by atoms with E-state index in [2.05, 4.69) is 10.3 Å². The van der Waals surface area contributed by atoms with Gasteiger partial charge in [-0.1, -0.05) is 18.2 Å². The minimum atomic E-state index is -0.322. The molecule has 0 aliphatic carbocycles. The molecule has 21 heavy (non-hydrogen) atoms. The van der Waals surface area contributed by atoms with E-state index in [1.807, 2.05) is 37.3 Å². The van der Waals surface area contributed by atoms with Gasteiger partial charge in [-0.15, -0.1) is 0 Å². The third-order valence-corrected chi connectivity index (χ3v) is 3.76. The van der Waals surface area contributed by atoms with Crippen LogP contribution in [0.4, 0.5) is 0 Å². The first-order valence-corrected chi connectivity index (χ1v) is 6.99. The van der Waals surface area contributed by atoms with Gasteiger partial charge in [-0.05, 0) is 31.5 Å². The zero-order chi connectivity index (χ0) is 15.0. The van der Waals surface area contributed by atoms with E-state index in [9.17, 15) is 9.59 Å². The van der Waals surface area contributed by atoms with Gasteiger partial charge in [-0.25, -0.2) is 0 Å². The first-order valence-electron chi connectivity index (χ1n) is 6.99. The van der Waals surface area contributed by atoms with Crippen LogP contribution in [-0.2, 0) is 16.1 Å². The van der Waals surface area contributed by atoms with Crippen LogP contribution in [0.25, 0.3) is 10.9 Å². The van der Waals surface area contributed by atoms with Crippen molar-refractivity contribution in [2.45, 2.75) is 26.4 Å². The van der Waals surface area contributed by atoms with Crippen molar-refractivity contribution >= 4 is 22.7 Å². The van der Waals surface area contributed by atoms with Crippen LogP contribution in [0, 0.1) is 6.92 Å². The van der Waals surface area contributed by atoms with Crippen LogP contribution in [0.15, 0.2) is 30.3 Å². The molecule has 1 aromatic heterocycles. The average molecular weight is 283 g/mol. The molecule has 1 N–H and O–H groups in total. The van der Waals surface area contributed by atoms with Crippen LogP contribution >= 0.6 is 0 Å². The molecule has 2 aromatic rings. The third-order valence-electron chi connectivity index (χ3n) is 3.76. The van der Waals surface area contributed by atoms with Crippen LogP contribution in [0.5, 0.6) is 0 Å². The predicted octanol–water partition coefficient (Wildman–Crippen LogP) is 1.39. The fourth-order valence-corrected chi connectivity index (χ4v) is 2.64. The smallest absolute Gasteiger partial charge is 0.246 e. The zero-order valence-electron chi connectivity index (χ0n) is 12.1. The number of piperazine rings is 1. The van der Waals surface area contributed by atoms with Crippen molar-refractivity contribution in [3.63, 3.8) is 0 Å². The summed E-state index contributed by atoms with van der Waals surface area (Å²) in [7, 11) is 0. The van der Waals surface area contributed by atoms with Crippen molar-refractivity contribution in [3.8, 4) is 0 Å². The molecule has 0 bridgehead atoms. The largest absolute Gasteiger partial charge is 0.298 e. The number of fused-ring (bicyclic) bond motifs is 1. The molecule has 2 amide bonds. The number of nitrogens with one attached hydrogen (secondary N) is 1. The number of benzene rings is 1. The van der Waals surface area contributed by atoms with Crippen LogP contribution in [0.2, 0.25) is 0 Å². The van der Waals surface area contributed by atoms with Crippen molar-refractivity contribution in [1.82, 2.24) is 15.2 Å². The third kappa shape index (κ3) is 2.52. The molecule has 1 fully saturated rings. The van der Waals surface area contributed by atoms with E-state index in [1.54, 1.807) is 6.92 Å². The summed E-state index contributed by atoms with van der Waals surface area (Å²) in [6, 6.07) is 9.40. The Bertz CT molecular complexity index is 727. The van der Waals surface area contributed by atoms with Gasteiger partial charge < -0.3 is 0 Å². The van der Waals surface area contributed by atoms with Crippen molar-refractivity contribution in [2.75, 3.05) is 6.54 Å². The molecule has 1 atom stereocenters. The number of aromatic nitrogens is 1. The highest BCUT2D eigenvalue weighted by Gasteiger charge is 2.31. The van der Waals surface area contributed by atoms with Crippen LogP contribution in [0.1, 0.15) is 18.2 Å². The standard InChI is InChI=1S/C16H17N3O2/c1-10-7-12(13-5-3-4-6-14(13)18-10)9-19-15(20)8-17-11(2)16(19)21/h3-7,11,17H,8-9H2,1-2H3. The summed E-state index contributed by atoms with van der Waals surface area (Å²) in [5.74, 6) is -0.360. The SMILES string of the molecule is Cc1cc(CN2C(=O)CNC(C)C2=O)c2ccccc2n1. The number of para-hydroxylation sites is 1. The second-order valence-electron chi connectivity index (χ2n) is 5.36. The van der Waals surface area contributed by atoms with E-state index in [1.165, 1.54) is 4.90 Å². The summed E-state index contributed by atoms with van der Waals surface area (Å²) in [6.45, 7) is 4.19. The molecule has 1 saturated heterocycles. The number of amides is 2. The lowest BCUT2D eigenvalue weighted by atomic mass is 10.1. The number of carbonyl (C=O) groups is 2. The second-order valence-corrected chi connectivity index (χ2v) is 5.36. The number of pyridine rings is 1. The number of imide groups is 1. The predicted molar refractivity (Wildman–Crippen MR) is 79.5 cm³/mol. The highest BCUT2D eigenvalue weighted by molar-refractivity contribution is 6.01. The fraction of sp³-hybridized carbons (Fsp3) is 0.312. The molecule has 1 aliphatic rings. The van der Waals surface area contributed by atoms with Crippen molar-refractivity contribution < 1.29 is 9.59 Å². The van der Waals surface area contributed by atoms with E-state index in [-0.39, 0.29) is 24.4 Å². The Kier molecular flexibility index (Phi) is 3.43. The van der Waals surface area contributed by atoms with Gasteiger partial charge in [0.05, 0.1) is 24.6 Å². The molecule has 1 aliphatic heterocycles. The molecule has 5 nitrogen and oxygen atoms in total. The Morgan fingerprint density at radius 2 is 2.10 bits per heavy atom. The number of carbonyl (C=O) groups excluding carboxylic acids is 2. The lowest BCUT2D eigenvalue weighted by molar-refractivity contribution is -0.149. The van der Waals surface area contributed by atoms with Crippen LogP contribution < -0.4 is 5.32 Å². The maximum absolute atomic E-state index is 12.2. The monoisotopic (exact) mass is 283 g/mol. The lowest BCUT2D eigenvalue weighted by Crippen LogP contribution is -2.56. The van der Waals surface area contributed by atoms with Gasteiger partial charge >= 0.3 is 0 Å². The summed E-state index contributed by atoms with van der Waals surface area (Å²) >= 11 is 0. The van der Waals surface area contributed by atoms with E-state index in [0.717, 1.165) is 22.2 Å². The molecular weight excluding hydrogens is 266 g/mol. The maximum Gasteiger partial charge on any atom is 0.246 e. The molecule has 1 unspecified atom stereocenters. The quantitative estimate of drug-likeness (QED) is 0.846. The number of aryl methyl sites for hydroxylation is 1. The summed E-state index contributed by atoms with van der Waals surface area (Å²) in [5, 5.41) is 3.87. The Morgan fingerprint density at radius 1 is 1.33 bits per heavy atom. The van der Waals surface area contributed by atoms with Gasteiger partial charge in [0.2, 0.25) is 11.8 Å². The molecule has 2 heterocycles. The topological polar surface area (TPSA) is 62.3 Å². The Labute approximate surface area is 123 Å². The average Bonchev–Trinajstić information content (AvgIpc) is 2.47. The summed E-state index contributed by atoms with van der Waals surface area (Å²) in [5.41, 5.74) is 2.72. The minimum Gasteiger partial charge on any atom is -0.298 e. The van der Waals surface area contributed by atoms with E-state index in [0.29, 0.717) is 6.54 Å². The van der Waals surface area contributed by atoms with Crippen molar-refractivity contribution in [2.24, 2.45) is 0 Å². The highest BCUT2D eigenvalue weighted by atomic mass is 16.2. The molecule has 0 saturated carbocycles. The number of hydrogen-bond acceptors (Lipinski definition) is 4. The normalized spacial score (nSPS) is 19.3. The highest BCUT2D eigenvalue weighted by Crippen LogP contribution is 2.20. The summed E-state index contributed by atoms with van der Waals surface area (Å²) < 4.78 is 0. The van der Waals surface area contributed by atoms with Gasteiger partial charge in [0.15, 0.2) is 0 Å². The van der Waals surface area contributed by atoms with Gasteiger partial charge in [0.1, 0.15) is 0 Å². The molecule has 3 rings (SSSR count). The lowest BCUT2D eigenvalue weighted by Gasteiger charge is -2.30. The molecule has 0 radical (unpaired) electrons.